The molecule has 3 N–H and O–H groups in total. The van der Waals surface area contributed by atoms with Gasteiger partial charge in [-0.2, -0.15) is 0 Å². The fourth-order valence-corrected chi connectivity index (χ4v) is 2.96. The second-order valence-corrected chi connectivity index (χ2v) is 6.21. The lowest BCUT2D eigenvalue weighted by molar-refractivity contribution is -0.122. The number of phenols is 1. The number of nitrogens with one attached hydrogen (secondary N) is 2. The van der Waals surface area contributed by atoms with Crippen molar-refractivity contribution in [2.75, 3.05) is 13.1 Å². The fraction of sp³-hybridized carbons (Fsp3) is 0.556. The van der Waals surface area contributed by atoms with Gasteiger partial charge in [0.2, 0.25) is 5.91 Å². The summed E-state index contributed by atoms with van der Waals surface area (Å²) in [6, 6.07) is 6.13. The fourth-order valence-electron chi connectivity index (χ4n) is 2.96. The average molecular weight is 318 g/mol. The Morgan fingerprint density at radius 2 is 1.65 bits per heavy atom. The van der Waals surface area contributed by atoms with E-state index in [0.717, 1.165) is 0 Å². The number of rotatable bonds is 7. The molecule has 0 bridgehead atoms. The molecule has 2 amide bonds. The molecule has 1 aliphatic rings. The maximum atomic E-state index is 11.8. The van der Waals surface area contributed by atoms with Crippen LogP contribution in [0.4, 0.5) is 0 Å². The van der Waals surface area contributed by atoms with Crippen molar-refractivity contribution in [2.24, 2.45) is 5.92 Å². The van der Waals surface area contributed by atoms with Crippen molar-refractivity contribution in [3.8, 4) is 5.75 Å². The molecule has 1 aromatic rings. The van der Waals surface area contributed by atoms with Crippen LogP contribution in [0.25, 0.3) is 0 Å². The van der Waals surface area contributed by atoms with Crippen molar-refractivity contribution >= 4 is 11.8 Å². The van der Waals surface area contributed by atoms with Gasteiger partial charge in [0, 0.05) is 25.1 Å². The van der Waals surface area contributed by atoms with Crippen LogP contribution in [-0.2, 0) is 4.79 Å². The van der Waals surface area contributed by atoms with Gasteiger partial charge in [0.05, 0.1) is 0 Å². The quantitative estimate of drug-likeness (QED) is 0.676. The molecule has 5 heteroatoms. The Balaban J connectivity index is 1.55. The standard InChI is InChI=1S/C18H26N2O3/c21-16-9-7-15(8-10-16)18(23)20-12-4-11-19-17(22)13-14-5-2-1-3-6-14/h7-10,14,21H,1-6,11-13H2,(H,19,22)(H,20,23). The largest absolute Gasteiger partial charge is 0.508 e. The van der Waals surface area contributed by atoms with Gasteiger partial charge in [0.15, 0.2) is 0 Å². The summed E-state index contributed by atoms with van der Waals surface area (Å²) in [4.78, 5) is 23.7. The molecule has 0 atom stereocenters. The Kier molecular flexibility index (Phi) is 6.91. The van der Waals surface area contributed by atoms with Crippen LogP contribution in [0.2, 0.25) is 0 Å². The van der Waals surface area contributed by atoms with Gasteiger partial charge in [0.1, 0.15) is 5.75 Å². The highest BCUT2D eigenvalue weighted by Crippen LogP contribution is 2.25. The number of carbonyl (C=O) groups excluding carboxylic acids is 2. The summed E-state index contributed by atoms with van der Waals surface area (Å²) in [7, 11) is 0. The van der Waals surface area contributed by atoms with Crippen molar-refractivity contribution in [3.63, 3.8) is 0 Å². The molecule has 1 saturated carbocycles. The van der Waals surface area contributed by atoms with Crippen molar-refractivity contribution in [1.82, 2.24) is 10.6 Å². The van der Waals surface area contributed by atoms with Crippen molar-refractivity contribution in [1.29, 1.82) is 0 Å². The van der Waals surface area contributed by atoms with Crippen LogP contribution < -0.4 is 10.6 Å². The third-order valence-electron chi connectivity index (χ3n) is 4.29. The monoisotopic (exact) mass is 318 g/mol. The number of carbonyl (C=O) groups is 2. The van der Waals surface area contributed by atoms with Gasteiger partial charge in [-0.25, -0.2) is 0 Å². The number of phenolic OH excluding ortho intramolecular Hbond substituents is 1. The number of aromatic hydroxyl groups is 1. The number of amides is 2. The predicted octanol–water partition coefficient (Wildman–Crippen LogP) is 2.60. The third-order valence-corrected chi connectivity index (χ3v) is 4.29. The minimum Gasteiger partial charge on any atom is -0.508 e. The zero-order valence-electron chi connectivity index (χ0n) is 13.5. The van der Waals surface area contributed by atoms with E-state index in [1.54, 1.807) is 12.1 Å². The minimum absolute atomic E-state index is 0.127. The molecule has 2 rings (SSSR count). The summed E-state index contributed by atoms with van der Waals surface area (Å²) in [5, 5.41) is 14.9. The maximum Gasteiger partial charge on any atom is 0.251 e. The molecule has 0 spiro atoms. The lowest BCUT2D eigenvalue weighted by atomic mass is 9.87. The first-order valence-electron chi connectivity index (χ1n) is 8.49. The highest BCUT2D eigenvalue weighted by atomic mass is 16.3. The van der Waals surface area contributed by atoms with E-state index >= 15 is 0 Å². The molecular weight excluding hydrogens is 292 g/mol. The van der Waals surface area contributed by atoms with Gasteiger partial charge in [0.25, 0.3) is 5.91 Å². The molecule has 1 aliphatic carbocycles. The van der Waals surface area contributed by atoms with E-state index in [4.69, 9.17) is 0 Å². The summed E-state index contributed by atoms with van der Waals surface area (Å²) in [6.45, 7) is 1.10. The van der Waals surface area contributed by atoms with E-state index in [2.05, 4.69) is 10.6 Å². The van der Waals surface area contributed by atoms with Gasteiger partial charge in [-0.3, -0.25) is 9.59 Å². The van der Waals surface area contributed by atoms with Gasteiger partial charge in [-0.1, -0.05) is 19.3 Å². The highest BCUT2D eigenvalue weighted by Gasteiger charge is 2.16. The van der Waals surface area contributed by atoms with Crippen LogP contribution in [0.1, 0.15) is 55.3 Å². The van der Waals surface area contributed by atoms with Crippen LogP contribution in [-0.4, -0.2) is 30.0 Å². The van der Waals surface area contributed by atoms with Crippen LogP contribution in [0, 0.1) is 5.92 Å². The average Bonchev–Trinajstić information content (AvgIpc) is 2.56. The summed E-state index contributed by atoms with van der Waals surface area (Å²) in [5.41, 5.74) is 0.518. The molecule has 5 nitrogen and oxygen atoms in total. The SMILES string of the molecule is O=C(CC1CCCCC1)NCCCNC(=O)c1ccc(O)cc1. The van der Waals surface area contributed by atoms with Crippen LogP contribution in [0.3, 0.4) is 0 Å². The van der Waals surface area contributed by atoms with E-state index in [9.17, 15) is 14.7 Å². The van der Waals surface area contributed by atoms with E-state index < -0.39 is 0 Å². The summed E-state index contributed by atoms with van der Waals surface area (Å²) < 4.78 is 0. The smallest absolute Gasteiger partial charge is 0.251 e. The Bertz CT molecular complexity index is 508. The zero-order valence-corrected chi connectivity index (χ0v) is 13.5. The molecule has 0 saturated heterocycles. The molecule has 23 heavy (non-hydrogen) atoms. The summed E-state index contributed by atoms with van der Waals surface area (Å²) >= 11 is 0. The Morgan fingerprint density at radius 1 is 1.00 bits per heavy atom. The van der Waals surface area contributed by atoms with Crippen LogP contribution in [0.5, 0.6) is 5.75 Å². The molecular formula is C18H26N2O3. The summed E-state index contributed by atoms with van der Waals surface area (Å²) in [6.07, 6.45) is 7.51. The lowest BCUT2D eigenvalue weighted by Gasteiger charge is -2.20. The second kappa shape index (κ2) is 9.18. The molecule has 0 unspecified atom stereocenters. The second-order valence-electron chi connectivity index (χ2n) is 6.21. The first kappa shape index (κ1) is 17.3. The van der Waals surface area contributed by atoms with Crippen LogP contribution in [0.15, 0.2) is 24.3 Å². The molecule has 126 valence electrons. The van der Waals surface area contributed by atoms with Gasteiger partial charge in [-0.15, -0.1) is 0 Å². The Labute approximate surface area is 137 Å². The first-order chi connectivity index (χ1) is 11.1. The topological polar surface area (TPSA) is 78.4 Å². The molecule has 0 aromatic heterocycles. The normalized spacial score (nSPS) is 15.1. The van der Waals surface area contributed by atoms with Gasteiger partial charge in [-0.05, 0) is 49.4 Å². The van der Waals surface area contributed by atoms with E-state index in [0.29, 0.717) is 37.4 Å². The molecule has 1 aromatic carbocycles. The number of hydrogen-bond acceptors (Lipinski definition) is 3. The maximum absolute atomic E-state index is 11.8. The highest BCUT2D eigenvalue weighted by molar-refractivity contribution is 5.94. The molecule has 0 heterocycles. The minimum atomic E-state index is -0.168. The van der Waals surface area contributed by atoms with Gasteiger partial charge < -0.3 is 15.7 Å². The van der Waals surface area contributed by atoms with E-state index in [-0.39, 0.29) is 17.6 Å². The van der Waals surface area contributed by atoms with Crippen LogP contribution >= 0.6 is 0 Å². The van der Waals surface area contributed by atoms with E-state index in [1.165, 1.54) is 44.2 Å². The third kappa shape index (κ3) is 6.30. The molecule has 1 fully saturated rings. The molecule has 0 radical (unpaired) electrons. The van der Waals surface area contributed by atoms with Crippen molar-refractivity contribution in [3.05, 3.63) is 29.8 Å². The lowest BCUT2D eigenvalue weighted by Crippen LogP contribution is -2.31. The number of hydrogen-bond donors (Lipinski definition) is 3. The predicted molar refractivity (Wildman–Crippen MR) is 89.3 cm³/mol. The van der Waals surface area contributed by atoms with Crippen molar-refractivity contribution in [2.45, 2.75) is 44.9 Å². The first-order valence-corrected chi connectivity index (χ1v) is 8.49. The van der Waals surface area contributed by atoms with Gasteiger partial charge >= 0.3 is 0 Å². The molecule has 0 aliphatic heterocycles. The Morgan fingerprint density at radius 3 is 2.35 bits per heavy atom. The summed E-state index contributed by atoms with van der Waals surface area (Å²) in [5.74, 6) is 0.653. The zero-order chi connectivity index (χ0) is 16.5. The Hall–Kier alpha value is -2.04. The number of benzene rings is 1. The van der Waals surface area contributed by atoms with Crippen molar-refractivity contribution < 1.29 is 14.7 Å². The van der Waals surface area contributed by atoms with E-state index in [1.807, 2.05) is 0 Å².